The van der Waals surface area contributed by atoms with Gasteiger partial charge in [0.05, 0.1) is 13.2 Å². The predicted molar refractivity (Wildman–Crippen MR) is 100 cm³/mol. The second kappa shape index (κ2) is 7.62. The Morgan fingerprint density at radius 1 is 0.885 bits per heavy atom. The van der Waals surface area contributed by atoms with Gasteiger partial charge in [-0.15, -0.1) is 0 Å². The van der Waals surface area contributed by atoms with Crippen molar-refractivity contribution in [1.29, 1.82) is 0 Å². The van der Waals surface area contributed by atoms with Crippen LogP contribution in [0.3, 0.4) is 0 Å². The van der Waals surface area contributed by atoms with Gasteiger partial charge in [0.1, 0.15) is 13.2 Å². The summed E-state index contributed by atoms with van der Waals surface area (Å²) in [6.45, 7) is 4.39. The number of morpholine rings is 1. The van der Waals surface area contributed by atoms with Crippen molar-refractivity contribution in [1.82, 2.24) is 0 Å². The van der Waals surface area contributed by atoms with Gasteiger partial charge in [0, 0.05) is 24.3 Å². The number of fused-ring (bicyclic) bond motifs is 1. The van der Waals surface area contributed by atoms with Crippen molar-refractivity contribution in [3.63, 3.8) is 0 Å². The standard InChI is InChI=1S/C21H21NO4/c23-19(7-1-16-2-8-20-21(15-16)26-14-13-25-20)17-3-5-18(6-4-17)22-9-11-24-12-10-22/h1-8,15H,9-14H2. The van der Waals surface area contributed by atoms with Crippen molar-refractivity contribution in [3.05, 3.63) is 59.7 Å². The molecule has 2 heterocycles. The van der Waals surface area contributed by atoms with Gasteiger partial charge in [0.2, 0.25) is 0 Å². The van der Waals surface area contributed by atoms with E-state index in [2.05, 4.69) is 4.90 Å². The second-order valence-electron chi connectivity index (χ2n) is 6.25. The molecule has 2 aliphatic rings. The molecule has 0 aromatic heterocycles. The molecule has 0 spiro atoms. The number of anilines is 1. The van der Waals surface area contributed by atoms with Crippen LogP contribution in [0.5, 0.6) is 11.5 Å². The Kier molecular flexibility index (Phi) is 4.88. The van der Waals surface area contributed by atoms with Crippen LogP contribution in [0.4, 0.5) is 5.69 Å². The number of ketones is 1. The lowest BCUT2D eigenvalue weighted by Gasteiger charge is -2.28. The molecule has 1 fully saturated rings. The summed E-state index contributed by atoms with van der Waals surface area (Å²) in [5.74, 6) is 1.45. The normalized spacial score (nSPS) is 16.7. The van der Waals surface area contributed by atoms with Crippen molar-refractivity contribution in [2.24, 2.45) is 0 Å². The van der Waals surface area contributed by atoms with Crippen molar-refractivity contribution in [2.45, 2.75) is 0 Å². The topological polar surface area (TPSA) is 48.0 Å². The summed E-state index contributed by atoms with van der Waals surface area (Å²) in [5, 5.41) is 0. The Labute approximate surface area is 152 Å². The number of benzene rings is 2. The van der Waals surface area contributed by atoms with Gasteiger partial charge >= 0.3 is 0 Å². The minimum atomic E-state index is -0.0200. The summed E-state index contributed by atoms with van der Waals surface area (Å²) in [6.07, 6.45) is 3.39. The maximum Gasteiger partial charge on any atom is 0.185 e. The van der Waals surface area contributed by atoms with E-state index in [1.807, 2.05) is 42.5 Å². The summed E-state index contributed by atoms with van der Waals surface area (Å²) < 4.78 is 16.4. The number of ether oxygens (including phenoxy) is 3. The molecular weight excluding hydrogens is 330 g/mol. The number of carbonyl (C=O) groups is 1. The highest BCUT2D eigenvalue weighted by Crippen LogP contribution is 2.31. The Hall–Kier alpha value is -2.79. The van der Waals surface area contributed by atoms with Crippen LogP contribution in [0.25, 0.3) is 6.08 Å². The molecule has 2 aromatic rings. The molecule has 134 valence electrons. The lowest BCUT2D eigenvalue weighted by molar-refractivity contribution is 0.104. The molecule has 4 rings (SSSR count). The molecule has 1 saturated heterocycles. The minimum absolute atomic E-state index is 0.0200. The molecule has 2 aromatic carbocycles. The second-order valence-corrected chi connectivity index (χ2v) is 6.25. The van der Waals surface area contributed by atoms with Crippen LogP contribution >= 0.6 is 0 Å². The number of allylic oxidation sites excluding steroid dienone is 1. The summed E-state index contributed by atoms with van der Waals surface area (Å²) in [4.78, 5) is 14.7. The third-order valence-electron chi connectivity index (χ3n) is 4.52. The van der Waals surface area contributed by atoms with Gasteiger partial charge in [-0.25, -0.2) is 0 Å². The molecule has 26 heavy (non-hydrogen) atoms. The van der Waals surface area contributed by atoms with Gasteiger partial charge in [-0.05, 0) is 48.0 Å². The Morgan fingerprint density at radius 3 is 2.38 bits per heavy atom. The highest BCUT2D eigenvalue weighted by Gasteiger charge is 2.12. The maximum absolute atomic E-state index is 12.4. The molecule has 2 aliphatic heterocycles. The van der Waals surface area contributed by atoms with Gasteiger partial charge in [0.15, 0.2) is 17.3 Å². The van der Waals surface area contributed by atoms with Crippen LogP contribution in [-0.4, -0.2) is 45.3 Å². The molecule has 0 unspecified atom stereocenters. The Morgan fingerprint density at radius 2 is 1.62 bits per heavy atom. The monoisotopic (exact) mass is 351 g/mol. The van der Waals surface area contributed by atoms with Crippen molar-refractivity contribution in [2.75, 3.05) is 44.4 Å². The first kappa shape index (κ1) is 16.7. The molecule has 0 radical (unpaired) electrons. The highest BCUT2D eigenvalue weighted by atomic mass is 16.6. The van der Waals surface area contributed by atoms with Gasteiger partial charge in [-0.1, -0.05) is 12.1 Å². The molecule has 0 N–H and O–H groups in total. The van der Waals surface area contributed by atoms with E-state index >= 15 is 0 Å². The van der Waals surface area contributed by atoms with E-state index in [4.69, 9.17) is 14.2 Å². The maximum atomic E-state index is 12.4. The SMILES string of the molecule is O=C(C=Cc1ccc2c(c1)OCCO2)c1ccc(N2CCOCC2)cc1. The van der Waals surface area contributed by atoms with E-state index in [1.54, 1.807) is 12.2 Å². The average Bonchev–Trinajstić information content (AvgIpc) is 2.72. The van der Waals surface area contributed by atoms with E-state index in [1.165, 1.54) is 0 Å². The van der Waals surface area contributed by atoms with Crippen LogP contribution < -0.4 is 14.4 Å². The van der Waals surface area contributed by atoms with Crippen LogP contribution in [0, 0.1) is 0 Å². The van der Waals surface area contributed by atoms with Crippen LogP contribution in [-0.2, 0) is 4.74 Å². The highest BCUT2D eigenvalue weighted by molar-refractivity contribution is 6.07. The first-order valence-corrected chi connectivity index (χ1v) is 8.84. The smallest absolute Gasteiger partial charge is 0.185 e. The fourth-order valence-electron chi connectivity index (χ4n) is 3.09. The summed E-state index contributed by atoms with van der Waals surface area (Å²) in [7, 11) is 0. The third kappa shape index (κ3) is 3.73. The number of hydrogen-bond acceptors (Lipinski definition) is 5. The lowest BCUT2D eigenvalue weighted by Crippen LogP contribution is -2.36. The number of rotatable bonds is 4. The molecule has 0 aliphatic carbocycles. The molecule has 5 nitrogen and oxygen atoms in total. The first-order valence-electron chi connectivity index (χ1n) is 8.84. The zero-order valence-electron chi connectivity index (χ0n) is 14.5. The summed E-state index contributed by atoms with van der Waals surface area (Å²) >= 11 is 0. The summed E-state index contributed by atoms with van der Waals surface area (Å²) in [5.41, 5.74) is 2.71. The molecule has 0 bridgehead atoms. The van der Waals surface area contributed by atoms with E-state index < -0.39 is 0 Å². The average molecular weight is 351 g/mol. The third-order valence-corrected chi connectivity index (χ3v) is 4.52. The van der Waals surface area contributed by atoms with Crippen LogP contribution in [0.1, 0.15) is 15.9 Å². The van der Waals surface area contributed by atoms with Gasteiger partial charge < -0.3 is 19.1 Å². The summed E-state index contributed by atoms with van der Waals surface area (Å²) in [6, 6.07) is 13.4. The van der Waals surface area contributed by atoms with Crippen molar-refractivity contribution < 1.29 is 19.0 Å². The molecule has 0 amide bonds. The Balaban J connectivity index is 1.43. The molecule has 5 heteroatoms. The largest absolute Gasteiger partial charge is 0.486 e. The van der Waals surface area contributed by atoms with E-state index in [0.29, 0.717) is 18.8 Å². The van der Waals surface area contributed by atoms with E-state index in [9.17, 15) is 4.79 Å². The zero-order valence-corrected chi connectivity index (χ0v) is 14.5. The van der Waals surface area contributed by atoms with Gasteiger partial charge in [-0.2, -0.15) is 0 Å². The van der Waals surface area contributed by atoms with Crippen molar-refractivity contribution in [3.8, 4) is 11.5 Å². The minimum Gasteiger partial charge on any atom is -0.486 e. The molecular formula is C21H21NO4. The zero-order chi connectivity index (χ0) is 17.8. The first-order chi connectivity index (χ1) is 12.8. The molecule has 0 saturated carbocycles. The van der Waals surface area contributed by atoms with Gasteiger partial charge in [0.25, 0.3) is 0 Å². The Bertz CT molecular complexity index is 807. The number of carbonyl (C=O) groups excluding carboxylic acids is 1. The van der Waals surface area contributed by atoms with E-state index in [0.717, 1.165) is 49.1 Å². The fourth-order valence-corrected chi connectivity index (χ4v) is 3.09. The quantitative estimate of drug-likeness (QED) is 0.625. The molecule has 0 atom stereocenters. The van der Waals surface area contributed by atoms with Crippen LogP contribution in [0.2, 0.25) is 0 Å². The van der Waals surface area contributed by atoms with Crippen molar-refractivity contribution >= 4 is 17.5 Å². The van der Waals surface area contributed by atoms with E-state index in [-0.39, 0.29) is 5.78 Å². The fraction of sp³-hybridized carbons (Fsp3) is 0.286. The predicted octanol–water partition coefficient (Wildman–Crippen LogP) is 3.19. The number of nitrogens with zero attached hydrogens (tertiary/aromatic N) is 1. The van der Waals surface area contributed by atoms with Crippen LogP contribution in [0.15, 0.2) is 48.5 Å². The van der Waals surface area contributed by atoms with Gasteiger partial charge in [-0.3, -0.25) is 4.79 Å². The number of hydrogen-bond donors (Lipinski definition) is 0. The lowest BCUT2D eigenvalue weighted by atomic mass is 10.1.